The Morgan fingerprint density at radius 3 is 2.64 bits per heavy atom. The molecule has 0 spiro atoms. The van der Waals surface area contributed by atoms with E-state index in [0.29, 0.717) is 46.7 Å². The number of benzene rings is 1. The monoisotopic (exact) mass is 377 g/mol. The number of aryl methyl sites for hydroxylation is 3. The molecule has 1 aliphatic carbocycles. The van der Waals surface area contributed by atoms with Crippen molar-refractivity contribution in [3.63, 3.8) is 0 Å². The van der Waals surface area contributed by atoms with Crippen LogP contribution in [0.2, 0.25) is 0 Å². The fourth-order valence-electron chi connectivity index (χ4n) is 3.90. The number of hydrogen-bond donors (Lipinski definition) is 1. The van der Waals surface area contributed by atoms with Crippen LogP contribution in [-0.4, -0.2) is 25.7 Å². The Kier molecular flexibility index (Phi) is 4.37. The van der Waals surface area contributed by atoms with E-state index in [-0.39, 0.29) is 23.5 Å². The van der Waals surface area contributed by atoms with Crippen LogP contribution >= 0.6 is 0 Å². The van der Waals surface area contributed by atoms with E-state index in [1.165, 1.54) is 12.1 Å². The molecular weight excluding hydrogens is 357 g/mol. The van der Waals surface area contributed by atoms with Crippen molar-refractivity contribution in [3.8, 4) is 11.3 Å². The normalized spacial score (nSPS) is 16.1. The highest BCUT2D eigenvalue weighted by atomic mass is 19.1. The van der Waals surface area contributed by atoms with E-state index in [2.05, 4.69) is 19.9 Å². The summed E-state index contributed by atoms with van der Waals surface area (Å²) in [5, 5.41) is 0. The minimum atomic E-state index is -0.355. The minimum absolute atomic E-state index is 0.0222. The van der Waals surface area contributed by atoms with Gasteiger partial charge in [-0.2, -0.15) is 0 Å². The number of rotatable bonds is 2. The topological polar surface area (TPSA) is 94.7 Å². The molecule has 0 saturated carbocycles. The van der Waals surface area contributed by atoms with Crippen molar-refractivity contribution in [2.75, 3.05) is 5.73 Å². The highest BCUT2D eigenvalue weighted by molar-refractivity contribution is 6.00. The van der Waals surface area contributed by atoms with Gasteiger partial charge < -0.3 is 5.73 Å². The predicted molar refractivity (Wildman–Crippen MR) is 103 cm³/mol. The quantitative estimate of drug-likeness (QED) is 0.734. The first kappa shape index (κ1) is 18.2. The van der Waals surface area contributed by atoms with Crippen molar-refractivity contribution in [2.45, 2.75) is 39.5 Å². The van der Waals surface area contributed by atoms with Gasteiger partial charge in [0.25, 0.3) is 0 Å². The van der Waals surface area contributed by atoms with Gasteiger partial charge >= 0.3 is 0 Å². The molecule has 1 aromatic carbocycles. The number of aromatic nitrogens is 4. The fourth-order valence-corrected chi connectivity index (χ4v) is 3.90. The lowest BCUT2D eigenvalue weighted by molar-refractivity contribution is 0.0962. The lowest BCUT2D eigenvalue weighted by Crippen LogP contribution is -2.23. The number of anilines is 1. The van der Waals surface area contributed by atoms with Crippen LogP contribution in [0, 0.1) is 26.6 Å². The Hall–Kier alpha value is -3.22. The number of carbonyl (C=O) groups excluding carboxylic acids is 1. The van der Waals surface area contributed by atoms with Crippen molar-refractivity contribution in [2.24, 2.45) is 0 Å². The SMILES string of the molecule is Cc1cnc(C)c(-c2cc(F)ccc2C2CC(=O)c3c(C)nc(N)nc3C2)n1. The summed E-state index contributed by atoms with van der Waals surface area (Å²) < 4.78 is 14.1. The third kappa shape index (κ3) is 3.13. The van der Waals surface area contributed by atoms with E-state index in [1.54, 1.807) is 19.2 Å². The largest absolute Gasteiger partial charge is 0.368 e. The summed E-state index contributed by atoms with van der Waals surface area (Å²) in [6.07, 6.45) is 2.52. The van der Waals surface area contributed by atoms with E-state index < -0.39 is 0 Å². The minimum Gasteiger partial charge on any atom is -0.368 e. The van der Waals surface area contributed by atoms with E-state index in [4.69, 9.17) is 5.73 Å². The Morgan fingerprint density at radius 1 is 1.07 bits per heavy atom. The Balaban J connectivity index is 1.85. The van der Waals surface area contributed by atoms with E-state index in [9.17, 15) is 9.18 Å². The molecule has 7 heteroatoms. The second-order valence-electron chi connectivity index (χ2n) is 7.19. The molecule has 3 aromatic rings. The van der Waals surface area contributed by atoms with Gasteiger partial charge in [0.1, 0.15) is 5.82 Å². The number of nitrogens with zero attached hydrogens (tertiary/aromatic N) is 4. The van der Waals surface area contributed by atoms with E-state index in [0.717, 1.165) is 11.3 Å². The average Bonchev–Trinajstić information content (AvgIpc) is 2.62. The molecule has 1 aliphatic rings. The van der Waals surface area contributed by atoms with Crippen LogP contribution in [-0.2, 0) is 6.42 Å². The lowest BCUT2D eigenvalue weighted by Gasteiger charge is -2.26. The summed E-state index contributed by atoms with van der Waals surface area (Å²) in [7, 11) is 0. The summed E-state index contributed by atoms with van der Waals surface area (Å²) >= 11 is 0. The molecule has 2 heterocycles. The van der Waals surface area contributed by atoms with Gasteiger partial charge in [0.15, 0.2) is 5.78 Å². The summed E-state index contributed by atoms with van der Waals surface area (Å²) in [6.45, 7) is 5.46. The van der Waals surface area contributed by atoms with Crippen LogP contribution in [0.3, 0.4) is 0 Å². The van der Waals surface area contributed by atoms with Gasteiger partial charge in [0.2, 0.25) is 5.95 Å². The number of ketones is 1. The zero-order chi connectivity index (χ0) is 20.0. The average molecular weight is 377 g/mol. The van der Waals surface area contributed by atoms with Gasteiger partial charge in [-0.1, -0.05) is 6.07 Å². The molecular formula is C21H20FN5O. The maximum atomic E-state index is 14.1. The first-order valence-corrected chi connectivity index (χ1v) is 9.09. The molecule has 1 unspecified atom stereocenters. The molecule has 4 rings (SSSR count). The number of Topliss-reactive ketones (excluding diaryl/α,β-unsaturated/α-hetero) is 1. The molecule has 142 valence electrons. The van der Waals surface area contributed by atoms with Gasteiger partial charge in [-0.05, 0) is 50.8 Å². The van der Waals surface area contributed by atoms with Gasteiger partial charge in [-0.3, -0.25) is 9.78 Å². The van der Waals surface area contributed by atoms with Gasteiger partial charge in [0, 0.05) is 18.2 Å². The maximum absolute atomic E-state index is 14.1. The summed E-state index contributed by atoms with van der Waals surface area (Å²) in [5.74, 6) is -0.368. The molecule has 28 heavy (non-hydrogen) atoms. The Bertz CT molecular complexity index is 1110. The van der Waals surface area contributed by atoms with E-state index >= 15 is 0 Å². The maximum Gasteiger partial charge on any atom is 0.220 e. The van der Waals surface area contributed by atoms with Crippen molar-refractivity contribution >= 4 is 11.7 Å². The molecule has 1 atom stereocenters. The van der Waals surface area contributed by atoms with Crippen molar-refractivity contribution in [1.29, 1.82) is 0 Å². The second-order valence-corrected chi connectivity index (χ2v) is 7.19. The first-order chi connectivity index (χ1) is 13.3. The third-order valence-corrected chi connectivity index (χ3v) is 5.12. The van der Waals surface area contributed by atoms with Crippen LogP contribution < -0.4 is 5.73 Å². The van der Waals surface area contributed by atoms with Crippen LogP contribution in [0.1, 0.15) is 51.0 Å². The predicted octanol–water partition coefficient (Wildman–Crippen LogP) is 3.49. The van der Waals surface area contributed by atoms with Crippen LogP contribution in [0.5, 0.6) is 0 Å². The second kappa shape index (κ2) is 6.74. The summed E-state index contributed by atoms with van der Waals surface area (Å²) in [5.41, 5.74) is 11.2. The smallest absolute Gasteiger partial charge is 0.220 e. The molecule has 0 saturated heterocycles. The molecule has 2 N–H and O–H groups in total. The number of nitrogen functional groups attached to an aromatic ring is 1. The van der Waals surface area contributed by atoms with Gasteiger partial charge in [-0.15, -0.1) is 0 Å². The zero-order valence-corrected chi connectivity index (χ0v) is 16.0. The third-order valence-electron chi connectivity index (χ3n) is 5.12. The van der Waals surface area contributed by atoms with Crippen molar-refractivity contribution in [1.82, 2.24) is 19.9 Å². The Morgan fingerprint density at radius 2 is 1.86 bits per heavy atom. The number of carbonyl (C=O) groups is 1. The van der Waals surface area contributed by atoms with Gasteiger partial charge in [-0.25, -0.2) is 19.3 Å². The van der Waals surface area contributed by atoms with Crippen LogP contribution in [0.25, 0.3) is 11.3 Å². The molecule has 2 aromatic heterocycles. The van der Waals surface area contributed by atoms with E-state index in [1.807, 2.05) is 13.8 Å². The highest BCUT2D eigenvalue weighted by Gasteiger charge is 2.31. The van der Waals surface area contributed by atoms with Crippen molar-refractivity contribution < 1.29 is 9.18 Å². The summed E-state index contributed by atoms with van der Waals surface area (Å²) in [4.78, 5) is 30.1. The summed E-state index contributed by atoms with van der Waals surface area (Å²) in [6, 6.07) is 4.61. The molecule has 0 radical (unpaired) electrons. The Labute approximate surface area is 162 Å². The number of halogens is 1. The zero-order valence-electron chi connectivity index (χ0n) is 16.0. The molecule has 0 amide bonds. The number of hydrogen-bond acceptors (Lipinski definition) is 6. The van der Waals surface area contributed by atoms with Gasteiger partial charge in [0.05, 0.1) is 34.0 Å². The van der Waals surface area contributed by atoms with Crippen LogP contribution in [0.4, 0.5) is 10.3 Å². The highest BCUT2D eigenvalue weighted by Crippen LogP contribution is 2.38. The first-order valence-electron chi connectivity index (χ1n) is 9.09. The molecule has 0 bridgehead atoms. The fraction of sp³-hybridized carbons (Fsp3) is 0.286. The van der Waals surface area contributed by atoms with Crippen molar-refractivity contribution in [3.05, 3.63) is 64.1 Å². The standard InChI is InChI=1S/C21H20FN5O/c1-10-9-24-12(3)20(25-10)16-8-14(22)4-5-15(16)13-6-17-19(18(28)7-13)11(2)26-21(23)27-17/h4-5,8-9,13H,6-7H2,1-3H3,(H2,23,26,27). The van der Waals surface area contributed by atoms with Crippen LogP contribution in [0.15, 0.2) is 24.4 Å². The molecule has 0 fully saturated rings. The number of fused-ring (bicyclic) bond motifs is 1. The lowest BCUT2D eigenvalue weighted by atomic mass is 9.79. The molecule has 0 aliphatic heterocycles. The number of nitrogens with two attached hydrogens (primary N) is 1. The molecule has 6 nitrogen and oxygen atoms in total.